The smallest absolute Gasteiger partial charge is 0.0319 e. The highest BCUT2D eigenvalue weighted by Crippen LogP contribution is 2.58. The molecule has 0 unspecified atom stereocenters. The van der Waals surface area contributed by atoms with Gasteiger partial charge in [-0.2, -0.15) is 0 Å². The van der Waals surface area contributed by atoms with Gasteiger partial charge in [0.1, 0.15) is 0 Å². The largest absolute Gasteiger partial charge is 0.400 e. The van der Waals surface area contributed by atoms with E-state index in [1.807, 2.05) is 137 Å². The summed E-state index contributed by atoms with van der Waals surface area (Å²) in [7, 11) is 4.00. The van der Waals surface area contributed by atoms with Gasteiger partial charge in [0.25, 0.3) is 0 Å². The van der Waals surface area contributed by atoms with Gasteiger partial charge in [0.2, 0.25) is 0 Å². The molecule has 5 aromatic rings. The third-order valence-electron chi connectivity index (χ3n) is 11.3. The molecule has 0 atom stereocenters. The number of rotatable bonds is 0. The minimum absolute atomic E-state index is 0.722. The van der Waals surface area contributed by atoms with E-state index in [9.17, 15) is 0 Å². The Balaban J connectivity index is -0.000000205. The Morgan fingerprint density at radius 3 is 0.484 bits per heavy atom. The van der Waals surface area contributed by atoms with E-state index >= 15 is 0 Å². The van der Waals surface area contributed by atoms with Gasteiger partial charge in [-0.3, -0.25) is 0 Å². The van der Waals surface area contributed by atoms with E-state index in [0.29, 0.717) is 0 Å². The lowest BCUT2D eigenvalue weighted by atomic mass is 9.82. The van der Waals surface area contributed by atoms with Crippen molar-refractivity contribution >= 4 is 10.8 Å². The summed E-state index contributed by atoms with van der Waals surface area (Å²) in [5.41, 5.74) is 1.44. The van der Waals surface area contributed by atoms with Crippen LogP contribution in [0.1, 0.15) is 147 Å². The van der Waals surface area contributed by atoms with Crippen LogP contribution in [-0.2, 0) is 0 Å². The molecular weight excluding hydrogens is 785 g/mol. The lowest BCUT2D eigenvalue weighted by Gasteiger charge is -2.23. The first-order valence-electron chi connectivity index (χ1n) is 24.4. The van der Waals surface area contributed by atoms with E-state index in [-0.39, 0.29) is 0 Å². The molecule has 0 saturated heterocycles. The first-order valence-corrected chi connectivity index (χ1v) is 24.4. The summed E-state index contributed by atoms with van der Waals surface area (Å²) in [4.78, 5) is 0. The van der Waals surface area contributed by atoms with Crippen molar-refractivity contribution in [1.29, 1.82) is 0 Å². The quantitative estimate of drug-likeness (QED) is 0.125. The fourth-order valence-corrected chi connectivity index (χ4v) is 8.12. The maximum absolute atomic E-state index is 7.00. The second kappa shape index (κ2) is 51.8. The highest BCUT2D eigenvalue weighted by molar-refractivity contribution is 5.82. The molecule has 0 radical (unpaired) electrons. The average Bonchev–Trinajstić information content (AvgIpc) is 4.06. The van der Waals surface area contributed by atoms with E-state index in [2.05, 4.69) is 104 Å². The summed E-state index contributed by atoms with van der Waals surface area (Å²) in [5.74, 6) is 4.34. The third-order valence-corrected chi connectivity index (χ3v) is 11.3. The average molecular weight is 887 g/mol. The maximum Gasteiger partial charge on any atom is 0.0319 e. The van der Waals surface area contributed by atoms with E-state index in [1.54, 1.807) is 0 Å². The molecule has 0 spiro atoms. The Kier molecular flexibility index (Phi) is 56.1. The molecule has 64 heavy (non-hydrogen) atoms. The molecule has 4 fully saturated rings. The Morgan fingerprint density at radius 1 is 0.297 bits per heavy atom. The molecule has 4 bridgehead atoms. The van der Waals surface area contributed by atoms with Gasteiger partial charge < -0.3 is 20.4 Å². The highest BCUT2D eigenvalue weighted by atomic mass is 16.2. The molecule has 0 heterocycles. The molecule has 4 aliphatic rings. The van der Waals surface area contributed by atoms with E-state index in [0.717, 1.165) is 62.9 Å². The topological polar surface area (TPSA) is 80.9 Å². The van der Waals surface area contributed by atoms with Crippen LogP contribution >= 0.6 is 0 Å². The highest BCUT2D eigenvalue weighted by Gasteiger charge is 2.48. The molecule has 366 valence electrons. The fraction of sp³-hybridized carbons (Fsp3) is 0.533. The summed E-state index contributed by atoms with van der Waals surface area (Å²) in [6, 6.07) is 52.7. The van der Waals surface area contributed by atoms with Crippen LogP contribution in [0, 0.1) is 34.5 Å². The van der Waals surface area contributed by atoms with E-state index in [4.69, 9.17) is 20.4 Å². The number of hydrogen-bond acceptors (Lipinski definition) is 4. The zero-order valence-corrected chi connectivity index (χ0v) is 44.2. The Labute approximate surface area is 397 Å². The normalized spacial score (nSPS) is 17.9. The molecular formula is C60H102O4. The number of aliphatic hydroxyl groups is 4. The lowest BCUT2D eigenvalue weighted by Crippen LogP contribution is -2.16. The van der Waals surface area contributed by atoms with Crippen molar-refractivity contribution < 1.29 is 20.4 Å². The van der Waals surface area contributed by atoms with Crippen molar-refractivity contribution in [1.82, 2.24) is 0 Å². The molecule has 4 aliphatic carbocycles. The van der Waals surface area contributed by atoms with Crippen LogP contribution in [-0.4, -0.2) is 48.9 Å². The Bertz CT molecular complexity index is 1210. The predicted molar refractivity (Wildman–Crippen MR) is 289 cm³/mol. The molecule has 4 N–H and O–H groups in total. The van der Waals surface area contributed by atoms with Gasteiger partial charge in [-0.05, 0) is 96.6 Å². The molecule has 4 nitrogen and oxygen atoms in total. The second-order valence-corrected chi connectivity index (χ2v) is 16.0. The first-order chi connectivity index (χ1) is 31.2. The minimum Gasteiger partial charge on any atom is -0.400 e. The number of hydrogen-bond donors (Lipinski definition) is 4. The van der Waals surface area contributed by atoms with Crippen LogP contribution in [0.15, 0.2) is 158 Å². The summed E-state index contributed by atoms with van der Waals surface area (Å²) >= 11 is 0. The summed E-state index contributed by atoms with van der Waals surface area (Å²) in [6.45, 7) is 26.3. The van der Waals surface area contributed by atoms with Crippen molar-refractivity contribution in [2.75, 3.05) is 28.4 Å². The monoisotopic (exact) mass is 887 g/mol. The number of fused-ring (bicyclic) bond motifs is 5. The summed E-state index contributed by atoms with van der Waals surface area (Å²) in [5, 5.41) is 30.6. The maximum atomic E-state index is 7.00. The van der Waals surface area contributed by atoms with E-state index < -0.39 is 0 Å². The molecule has 4 heteroatoms. The molecule has 9 rings (SSSR count). The zero-order chi connectivity index (χ0) is 49.9. The standard InChI is InChI=1S/C10H8.2C9H16.3C6H6.2C3H8.2C2H6.4CH4O/c1-2-6-10-8-4-3-7-9(10)5-1;2*1-9(2)7-3-4-8(9)6-5-7;3*1-2-4-6-5-3-1;2*1-3-2;6*1-2/h1-8H;2*7-8H,3-6H2,1-2H3;3*1-6H;2*3H2,1-2H3;2*1-2H3;4*2H,1H3. The van der Waals surface area contributed by atoms with Crippen molar-refractivity contribution in [3.63, 3.8) is 0 Å². The van der Waals surface area contributed by atoms with Crippen LogP contribution in [0.2, 0.25) is 0 Å². The lowest BCUT2D eigenvalue weighted by molar-refractivity contribution is 0.260. The van der Waals surface area contributed by atoms with Crippen molar-refractivity contribution in [3.05, 3.63) is 158 Å². The van der Waals surface area contributed by atoms with Crippen molar-refractivity contribution in [3.8, 4) is 0 Å². The first kappa shape index (κ1) is 69.2. The van der Waals surface area contributed by atoms with Crippen LogP contribution in [0.25, 0.3) is 10.8 Å². The molecule has 0 aliphatic heterocycles. The van der Waals surface area contributed by atoms with E-state index in [1.165, 1.54) is 75.0 Å². The van der Waals surface area contributed by atoms with Gasteiger partial charge in [0, 0.05) is 28.4 Å². The van der Waals surface area contributed by atoms with Crippen LogP contribution in [0.4, 0.5) is 0 Å². The van der Waals surface area contributed by atoms with Crippen molar-refractivity contribution in [2.24, 2.45) is 34.5 Å². The van der Waals surface area contributed by atoms with Gasteiger partial charge >= 0.3 is 0 Å². The predicted octanol–water partition coefficient (Wildman–Crippen LogP) is 16.9. The third kappa shape index (κ3) is 32.8. The SMILES string of the molecule is CC.CC.CC1(C)C2CCC1CC2.CC1(C)C2CCC1CC2.CCC.CCC.CO.CO.CO.CO.c1ccc2ccccc2c1.c1ccccc1.c1ccccc1.c1ccccc1. The van der Waals surface area contributed by atoms with Gasteiger partial charge in [-0.25, -0.2) is 0 Å². The van der Waals surface area contributed by atoms with Gasteiger partial charge in [-0.1, -0.05) is 254 Å². The number of aliphatic hydroxyl groups excluding tert-OH is 4. The molecule has 0 aromatic heterocycles. The molecule has 5 aromatic carbocycles. The molecule has 0 amide bonds. The van der Waals surface area contributed by atoms with Crippen LogP contribution in [0.3, 0.4) is 0 Å². The Morgan fingerprint density at radius 2 is 0.406 bits per heavy atom. The Hall–Kier alpha value is -3.80. The minimum atomic E-state index is 0.722. The van der Waals surface area contributed by atoms with Crippen molar-refractivity contribution in [2.45, 2.75) is 147 Å². The summed E-state index contributed by atoms with van der Waals surface area (Å²) < 4.78 is 0. The van der Waals surface area contributed by atoms with Gasteiger partial charge in [0.15, 0.2) is 0 Å². The zero-order valence-electron chi connectivity index (χ0n) is 44.2. The fourth-order valence-electron chi connectivity index (χ4n) is 8.12. The van der Waals surface area contributed by atoms with Crippen LogP contribution in [0.5, 0.6) is 0 Å². The van der Waals surface area contributed by atoms with Crippen LogP contribution < -0.4 is 0 Å². The van der Waals surface area contributed by atoms with Gasteiger partial charge in [0.05, 0.1) is 0 Å². The molecule has 4 saturated carbocycles. The second-order valence-electron chi connectivity index (χ2n) is 16.0. The van der Waals surface area contributed by atoms with Gasteiger partial charge in [-0.15, -0.1) is 0 Å². The number of benzene rings is 5. The summed E-state index contributed by atoms with van der Waals surface area (Å²) in [6.07, 6.45) is 14.7.